The maximum absolute atomic E-state index is 14.6. The van der Waals surface area contributed by atoms with Crippen molar-refractivity contribution in [2.75, 3.05) is 11.9 Å². The summed E-state index contributed by atoms with van der Waals surface area (Å²) in [6, 6.07) is 9.86. The molecule has 4 aromatic rings. The topological polar surface area (TPSA) is 92.9 Å². The number of aryl methyl sites for hydroxylation is 1. The highest BCUT2D eigenvalue weighted by Gasteiger charge is 2.18. The molecule has 4 rings (SSSR count). The predicted octanol–water partition coefficient (Wildman–Crippen LogP) is 4.66. The van der Waals surface area contributed by atoms with Crippen molar-refractivity contribution in [1.29, 1.82) is 0 Å². The van der Waals surface area contributed by atoms with E-state index >= 15 is 0 Å². The fourth-order valence-corrected chi connectivity index (χ4v) is 3.70. The van der Waals surface area contributed by atoms with Crippen LogP contribution < -0.4 is 10.9 Å². The first-order valence-electron chi connectivity index (χ1n) is 10.4. The molecule has 0 aliphatic carbocycles. The van der Waals surface area contributed by atoms with Gasteiger partial charge in [-0.05, 0) is 49.2 Å². The van der Waals surface area contributed by atoms with E-state index in [1.807, 2.05) is 6.92 Å². The number of aliphatic hydroxyl groups excluding tert-OH is 1. The van der Waals surface area contributed by atoms with Crippen molar-refractivity contribution in [3.05, 3.63) is 99.3 Å². The number of rotatable bonds is 7. The van der Waals surface area contributed by atoms with Crippen LogP contribution in [0.15, 0.2) is 65.8 Å². The van der Waals surface area contributed by atoms with Crippen molar-refractivity contribution in [2.24, 2.45) is 0 Å². The lowest BCUT2D eigenvalue weighted by atomic mass is 10.0. The van der Waals surface area contributed by atoms with E-state index in [0.29, 0.717) is 11.3 Å². The number of pyridine rings is 2. The fourth-order valence-electron chi connectivity index (χ4n) is 3.59. The van der Waals surface area contributed by atoms with E-state index in [0.717, 1.165) is 11.9 Å². The van der Waals surface area contributed by atoms with E-state index in [9.17, 15) is 18.7 Å². The van der Waals surface area contributed by atoms with E-state index in [4.69, 9.17) is 11.6 Å². The number of anilines is 2. The van der Waals surface area contributed by atoms with Gasteiger partial charge in [-0.25, -0.2) is 18.7 Å². The molecule has 1 atom stereocenters. The average Bonchev–Trinajstić information content (AvgIpc) is 2.81. The van der Waals surface area contributed by atoms with Crippen LogP contribution >= 0.6 is 11.6 Å². The smallest absolute Gasteiger partial charge is 0.251 e. The lowest BCUT2D eigenvalue weighted by Crippen LogP contribution is -2.25. The van der Waals surface area contributed by atoms with Crippen LogP contribution in [0.1, 0.15) is 23.7 Å². The summed E-state index contributed by atoms with van der Waals surface area (Å²) in [6.07, 6.45) is 4.28. The highest BCUT2D eigenvalue weighted by atomic mass is 35.5. The van der Waals surface area contributed by atoms with E-state index in [1.165, 1.54) is 35.0 Å². The average molecular weight is 484 g/mol. The van der Waals surface area contributed by atoms with Crippen molar-refractivity contribution in [1.82, 2.24) is 19.5 Å². The number of nitrogens with zero attached hydrogens (tertiary/aromatic N) is 4. The summed E-state index contributed by atoms with van der Waals surface area (Å²) in [6.45, 7) is 1.60. The Kier molecular flexibility index (Phi) is 6.95. The molecule has 1 aromatic carbocycles. The Balaban J connectivity index is 1.68. The molecule has 0 spiro atoms. The molecule has 0 aliphatic rings. The van der Waals surface area contributed by atoms with Gasteiger partial charge in [0.05, 0.1) is 17.3 Å². The Morgan fingerprint density at radius 2 is 1.94 bits per heavy atom. The summed E-state index contributed by atoms with van der Waals surface area (Å²) < 4.78 is 29.9. The molecular formula is C24H20ClF2N5O2. The number of hydrogen-bond donors (Lipinski definition) is 2. The minimum absolute atomic E-state index is 0.0419. The number of nitrogens with one attached hydrogen (secondary N) is 1. The van der Waals surface area contributed by atoms with Gasteiger partial charge in [0.25, 0.3) is 5.56 Å². The first-order valence-corrected chi connectivity index (χ1v) is 10.7. The normalized spacial score (nSPS) is 11.9. The summed E-state index contributed by atoms with van der Waals surface area (Å²) >= 11 is 5.77. The summed E-state index contributed by atoms with van der Waals surface area (Å²) in [5.41, 5.74) is 1.67. The zero-order valence-electron chi connectivity index (χ0n) is 18.0. The molecule has 3 aromatic heterocycles. The van der Waals surface area contributed by atoms with Gasteiger partial charge >= 0.3 is 0 Å². The van der Waals surface area contributed by atoms with Crippen LogP contribution in [-0.2, 0) is 0 Å². The Labute approximate surface area is 198 Å². The van der Waals surface area contributed by atoms with Crippen LogP contribution in [0.5, 0.6) is 0 Å². The number of aliphatic hydroxyl groups is 1. The highest BCUT2D eigenvalue weighted by Crippen LogP contribution is 2.26. The van der Waals surface area contributed by atoms with Gasteiger partial charge in [0.15, 0.2) is 5.82 Å². The Morgan fingerprint density at radius 3 is 2.65 bits per heavy atom. The van der Waals surface area contributed by atoms with Gasteiger partial charge in [-0.1, -0.05) is 17.7 Å². The van der Waals surface area contributed by atoms with Crippen molar-refractivity contribution in [3.63, 3.8) is 0 Å². The molecule has 174 valence electrons. The van der Waals surface area contributed by atoms with E-state index in [1.54, 1.807) is 24.4 Å². The van der Waals surface area contributed by atoms with Gasteiger partial charge < -0.3 is 15.0 Å². The Morgan fingerprint density at radius 1 is 1.12 bits per heavy atom. The molecule has 0 saturated carbocycles. The lowest BCUT2D eigenvalue weighted by molar-refractivity contribution is 0.266. The van der Waals surface area contributed by atoms with Crippen molar-refractivity contribution in [3.8, 4) is 11.3 Å². The first-order chi connectivity index (χ1) is 16.4. The van der Waals surface area contributed by atoms with Crippen LogP contribution in [0.2, 0.25) is 5.02 Å². The maximum Gasteiger partial charge on any atom is 0.251 e. The monoisotopic (exact) mass is 483 g/mol. The van der Waals surface area contributed by atoms with Gasteiger partial charge in [-0.2, -0.15) is 0 Å². The molecule has 0 saturated heterocycles. The molecular weight excluding hydrogens is 464 g/mol. The molecule has 0 amide bonds. The minimum atomic E-state index is -0.694. The number of halogens is 3. The Bertz CT molecular complexity index is 1400. The summed E-state index contributed by atoms with van der Waals surface area (Å²) in [5, 5.41) is 12.4. The van der Waals surface area contributed by atoms with Crippen LogP contribution in [-0.4, -0.2) is 31.2 Å². The zero-order valence-corrected chi connectivity index (χ0v) is 18.8. The van der Waals surface area contributed by atoms with E-state index < -0.39 is 23.2 Å². The first kappa shape index (κ1) is 23.5. The third-order valence-corrected chi connectivity index (χ3v) is 5.49. The number of aromatic nitrogens is 4. The second-order valence-corrected chi connectivity index (χ2v) is 7.97. The van der Waals surface area contributed by atoms with Crippen molar-refractivity contribution >= 4 is 23.2 Å². The third-order valence-electron chi connectivity index (χ3n) is 5.19. The molecule has 7 nitrogen and oxygen atoms in total. The molecule has 2 N–H and O–H groups in total. The second kappa shape index (κ2) is 10.1. The van der Waals surface area contributed by atoms with Crippen molar-refractivity contribution < 1.29 is 13.9 Å². The molecule has 3 heterocycles. The number of hydrogen-bond acceptors (Lipinski definition) is 6. The van der Waals surface area contributed by atoms with Crippen LogP contribution in [0, 0.1) is 18.6 Å². The quantitative estimate of drug-likeness (QED) is 0.397. The zero-order chi connectivity index (χ0) is 24.2. The largest absolute Gasteiger partial charge is 0.396 e. The molecule has 0 bridgehead atoms. The molecule has 0 radical (unpaired) electrons. The summed E-state index contributed by atoms with van der Waals surface area (Å²) in [7, 11) is 0. The standard InChI is InChI=1S/C24H20ClF2N5O2/c1-14-10-17(4-7-28-14)30-24-29-13-20(27)23(31-24)16-5-8-32(22(34)12-16)21(6-9-33)15-2-3-18(25)19(26)11-15/h2-5,7-8,10-13,21,33H,6,9H2,1H3,(H,28,29,30,31)/t21-/m1/s1. The number of benzene rings is 1. The second-order valence-electron chi connectivity index (χ2n) is 7.56. The summed E-state index contributed by atoms with van der Waals surface area (Å²) in [5.74, 6) is -1.17. The van der Waals surface area contributed by atoms with E-state index in [2.05, 4.69) is 20.3 Å². The van der Waals surface area contributed by atoms with Gasteiger partial charge in [0, 0.05) is 42.0 Å². The van der Waals surface area contributed by atoms with Gasteiger partial charge in [-0.15, -0.1) is 0 Å². The van der Waals surface area contributed by atoms with Crippen molar-refractivity contribution in [2.45, 2.75) is 19.4 Å². The fraction of sp³-hybridized carbons (Fsp3) is 0.167. The van der Waals surface area contributed by atoms with Crippen LogP contribution in [0.25, 0.3) is 11.3 Å². The van der Waals surface area contributed by atoms with E-state index in [-0.39, 0.29) is 35.3 Å². The highest BCUT2D eigenvalue weighted by molar-refractivity contribution is 6.30. The molecule has 34 heavy (non-hydrogen) atoms. The van der Waals surface area contributed by atoms with Gasteiger partial charge in [0.1, 0.15) is 11.5 Å². The van der Waals surface area contributed by atoms with Crippen LogP contribution in [0.4, 0.5) is 20.4 Å². The van der Waals surface area contributed by atoms with Gasteiger partial charge in [-0.3, -0.25) is 9.78 Å². The maximum atomic E-state index is 14.6. The summed E-state index contributed by atoms with van der Waals surface area (Å²) in [4.78, 5) is 25.3. The minimum Gasteiger partial charge on any atom is -0.396 e. The van der Waals surface area contributed by atoms with Crippen LogP contribution in [0.3, 0.4) is 0 Å². The molecule has 0 aliphatic heterocycles. The van der Waals surface area contributed by atoms with Gasteiger partial charge in [0.2, 0.25) is 5.95 Å². The SMILES string of the molecule is Cc1cc(Nc2ncc(F)c(-c3ccn([C@H](CCO)c4ccc(Cl)c(F)c4)c(=O)c3)n2)ccn1. The predicted molar refractivity (Wildman–Crippen MR) is 125 cm³/mol. The lowest BCUT2D eigenvalue weighted by Gasteiger charge is -2.20. The third kappa shape index (κ3) is 5.11. The Hall–Kier alpha value is -3.69. The molecule has 0 unspecified atom stereocenters. The molecule has 10 heteroatoms. The molecule has 0 fully saturated rings.